The number of para-hydroxylation sites is 1. The second-order valence-electron chi connectivity index (χ2n) is 8.16. The minimum absolute atomic E-state index is 0.286. The molecule has 6 nitrogen and oxygen atoms in total. The Morgan fingerprint density at radius 1 is 1.09 bits per heavy atom. The highest BCUT2D eigenvalue weighted by molar-refractivity contribution is 5.82. The van der Waals surface area contributed by atoms with E-state index in [1.807, 2.05) is 25.4 Å². The van der Waals surface area contributed by atoms with Crippen LogP contribution in [0.15, 0.2) is 65.8 Å². The number of benzene rings is 2. The smallest absolute Gasteiger partial charge is 0.191 e. The first-order valence-corrected chi connectivity index (χ1v) is 11.4. The van der Waals surface area contributed by atoms with Crippen LogP contribution in [0.1, 0.15) is 30.0 Å². The molecule has 0 bridgehead atoms. The Morgan fingerprint density at radius 3 is 2.72 bits per heavy atom. The quantitative estimate of drug-likeness (QED) is 0.420. The maximum absolute atomic E-state index is 5.46. The summed E-state index contributed by atoms with van der Waals surface area (Å²) in [7, 11) is 3.55. The summed E-state index contributed by atoms with van der Waals surface area (Å²) in [6.07, 6.45) is 5.26. The van der Waals surface area contributed by atoms with E-state index in [0.717, 1.165) is 49.8 Å². The van der Waals surface area contributed by atoms with E-state index in [4.69, 9.17) is 4.74 Å². The molecule has 0 radical (unpaired) electrons. The molecule has 1 aromatic heterocycles. The summed E-state index contributed by atoms with van der Waals surface area (Å²) in [5, 5.41) is 8.20. The molecule has 1 aliphatic heterocycles. The predicted octanol–water partition coefficient (Wildman–Crippen LogP) is 3.79. The zero-order valence-electron chi connectivity index (χ0n) is 19.1. The number of guanidine groups is 1. The molecule has 2 aromatic carbocycles. The lowest BCUT2D eigenvalue weighted by Gasteiger charge is -2.29. The average molecular weight is 432 g/mol. The first-order chi connectivity index (χ1) is 15.8. The van der Waals surface area contributed by atoms with Gasteiger partial charge >= 0.3 is 0 Å². The average Bonchev–Trinajstić information content (AvgIpc) is 3.38. The normalized spacial score (nSPS) is 15.6. The Hall–Kier alpha value is -3.12. The molecule has 0 amide bonds. The van der Waals surface area contributed by atoms with Crippen molar-refractivity contribution in [1.29, 1.82) is 0 Å². The molecule has 1 aliphatic rings. The van der Waals surface area contributed by atoms with Crippen molar-refractivity contribution in [3.8, 4) is 5.75 Å². The summed E-state index contributed by atoms with van der Waals surface area (Å²) in [5.74, 6) is 1.73. The SMILES string of the molecule is CN=C(NCCc1cccc2cccnc12)NCC(c1cccc(OC)c1)N1CCCC1. The van der Waals surface area contributed by atoms with Gasteiger partial charge in [0, 0.05) is 31.7 Å². The third-order valence-corrected chi connectivity index (χ3v) is 6.15. The van der Waals surface area contributed by atoms with Gasteiger partial charge in [-0.2, -0.15) is 0 Å². The molecule has 0 saturated carbocycles. The highest BCUT2D eigenvalue weighted by Gasteiger charge is 2.24. The lowest BCUT2D eigenvalue weighted by Crippen LogP contribution is -2.43. The van der Waals surface area contributed by atoms with E-state index < -0.39 is 0 Å². The molecule has 1 fully saturated rings. The fraction of sp³-hybridized carbons (Fsp3) is 0.385. The number of methoxy groups -OCH3 is 1. The van der Waals surface area contributed by atoms with Crippen molar-refractivity contribution >= 4 is 16.9 Å². The highest BCUT2D eigenvalue weighted by Crippen LogP contribution is 2.27. The van der Waals surface area contributed by atoms with Gasteiger partial charge in [-0.15, -0.1) is 0 Å². The molecule has 1 atom stereocenters. The second kappa shape index (κ2) is 11.0. The van der Waals surface area contributed by atoms with Crippen LogP contribution in [0.25, 0.3) is 10.9 Å². The van der Waals surface area contributed by atoms with Crippen LogP contribution in [0.3, 0.4) is 0 Å². The molecule has 168 valence electrons. The molecule has 1 unspecified atom stereocenters. The van der Waals surface area contributed by atoms with E-state index in [2.05, 4.69) is 68.0 Å². The van der Waals surface area contributed by atoms with Crippen LogP contribution >= 0.6 is 0 Å². The lowest BCUT2D eigenvalue weighted by atomic mass is 10.1. The first-order valence-electron chi connectivity index (χ1n) is 11.4. The number of likely N-dealkylation sites (tertiary alicyclic amines) is 1. The van der Waals surface area contributed by atoms with E-state index >= 15 is 0 Å². The highest BCUT2D eigenvalue weighted by atomic mass is 16.5. The number of nitrogens with zero attached hydrogens (tertiary/aromatic N) is 3. The number of fused-ring (bicyclic) bond motifs is 1. The summed E-state index contributed by atoms with van der Waals surface area (Å²) < 4.78 is 5.46. The van der Waals surface area contributed by atoms with Crippen LogP contribution in [0.2, 0.25) is 0 Å². The summed E-state index contributed by atoms with van der Waals surface area (Å²) in [4.78, 5) is 11.6. The maximum atomic E-state index is 5.46. The van der Waals surface area contributed by atoms with Crippen molar-refractivity contribution in [2.75, 3.05) is 40.3 Å². The van der Waals surface area contributed by atoms with Gasteiger partial charge in [0.05, 0.1) is 18.7 Å². The summed E-state index contributed by atoms with van der Waals surface area (Å²) in [6.45, 7) is 3.85. The Morgan fingerprint density at radius 2 is 1.91 bits per heavy atom. The second-order valence-corrected chi connectivity index (χ2v) is 8.16. The third-order valence-electron chi connectivity index (χ3n) is 6.15. The van der Waals surface area contributed by atoms with Gasteiger partial charge in [-0.3, -0.25) is 14.9 Å². The molecule has 2 N–H and O–H groups in total. The topological polar surface area (TPSA) is 61.8 Å². The van der Waals surface area contributed by atoms with Gasteiger partial charge in [-0.05, 0) is 61.7 Å². The number of ether oxygens (including phenoxy) is 1. The molecule has 4 rings (SSSR count). The molecular formula is C26H33N5O. The molecule has 32 heavy (non-hydrogen) atoms. The summed E-state index contributed by atoms with van der Waals surface area (Å²) in [6, 6.07) is 19.1. The Balaban J connectivity index is 1.37. The number of hydrogen-bond donors (Lipinski definition) is 2. The van der Waals surface area contributed by atoms with E-state index in [-0.39, 0.29) is 6.04 Å². The van der Waals surface area contributed by atoms with Crippen LogP contribution in [0, 0.1) is 0 Å². The predicted molar refractivity (Wildman–Crippen MR) is 131 cm³/mol. The van der Waals surface area contributed by atoms with Crippen molar-refractivity contribution in [2.45, 2.75) is 25.3 Å². The Labute approximate surface area is 190 Å². The van der Waals surface area contributed by atoms with E-state index in [1.54, 1.807) is 7.11 Å². The fourth-order valence-corrected chi connectivity index (χ4v) is 4.46. The number of aromatic nitrogens is 1. The van der Waals surface area contributed by atoms with Gasteiger partial charge < -0.3 is 15.4 Å². The van der Waals surface area contributed by atoms with Crippen LogP contribution in [-0.2, 0) is 6.42 Å². The van der Waals surface area contributed by atoms with Crippen LogP contribution in [-0.4, -0.2) is 56.2 Å². The van der Waals surface area contributed by atoms with Crippen molar-refractivity contribution in [3.63, 3.8) is 0 Å². The zero-order valence-corrected chi connectivity index (χ0v) is 19.1. The third kappa shape index (κ3) is 5.37. The van der Waals surface area contributed by atoms with Crippen molar-refractivity contribution in [1.82, 2.24) is 20.5 Å². The maximum Gasteiger partial charge on any atom is 0.191 e. The van der Waals surface area contributed by atoms with Gasteiger partial charge in [-0.1, -0.05) is 36.4 Å². The summed E-state index contributed by atoms with van der Waals surface area (Å²) >= 11 is 0. The molecule has 2 heterocycles. The van der Waals surface area contributed by atoms with Gasteiger partial charge in [0.2, 0.25) is 0 Å². The van der Waals surface area contributed by atoms with Crippen molar-refractivity contribution in [2.24, 2.45) is 4.99 Å². The number of rotatable bonds is 8. The van der Waals surface area contributed by atoms with Crippen molar-refractivity contribution in [3.05, 3.63) is 71.9 Å². The van der Waals surface area contributed by atoms with E-state index in [9.17, 15) is 0 Å². The van der Waals surface area contributed by atoms with Crippen LogP contribution < -0.4 is 15.4 Å². The minimum atomic E-state index is 0.286. The molecule has 0 spiro atoms. The number of hydrogen-bond acceptors (Lipinski definition) is 4. The number of pyridine rings is 1. The molecule has 6 heteroatoms. The van der Waals surface area contributed by atoms with E-state index in [1.165, 1.54) is 29.4 Å². The molecule has 0 aliphatic carbocycles. The molecular weight excluding hydrogens is 398 g/mol. The largest absolute Gasteiger partial charge is 0.497 e. The Bertz CT molecular complexity index is 1040. The van der Waals surface area contributed by atoms with Crippen LogP contribution in [0.5, 0.6) is 5.75 Å². The minimum Gasteiger partial charge on any atom is -0.497 e. The Kier molecular flexibility index (Phi) is 7.56. The number of nitrogens with one attached hydrogen (secondary N) is 2. The van der Waals surface area contributed by atoms with E-state index in [0.29, 0.717) is 0 Å². The van der Waals surface area contributed by atoms with Crippen molar-refractivity contribution < 1.29 is 4.74 Å². The standard InChI is InChI=1S/C26H33N5O/c1-27-26(29-15-13-21-9-5-8-20-11-7-14-28-25(20)21)30-19-24(31-16-3-4-17-31)22-10-6-12-23(18-22)32-2/h5-12,14,18,24H,3-4,13,15-17,19H2,1-2H3,(H2,27,29,30). The molecule has 1 saturated heterocycles. The number of aliphatic imine (C=N–C) groups is 1. The fourth-order valence-electron chi connectivity index (χ4n) is 4.46. The van der Waals surface area contributed by atoms with Gasteiger partial charge in [0.1, 0.15) is 5.75 Å². The zero-order chi connectivity index (χ0) is 22.2. The monoisotopic (exact) mass is 431 g/mol. The van der Waals surface area contributed by atoms with Gasteiger partial charge in [0.15, 0.2) is 5.96 Å². The first kappa shape index (κ1) is 22.1. The summed E-state index contributed by atoms with van der Waals surface area (Å²) in [5.41, 5.74) is 3.60. The molecule has 3 aromatic rings. The van der Waals surface area contributed by atoms with Gasteiger partial charge in [0.25, 0.3) is 0 Å². The van der Waals surface area contributed by atoms with Gasteiger partial charge in [-0.25, -0.2) is 0 Å². The van der Waals surface area contributed by atoms with Crippen LogP contribution in [0.4, 0.5) is 0 Å². The lowest BCUT2D eigenvalue weighted by molar-refractivity contribution is 0.245.